The number of benzene rings is 2. The number of hydrogen-bond donors (Lipinski definition) is 0. The molecule has 1 saturated heterocycles. The first-order valence-electron chi connectivity index (χ1n) is 9.84. The Morgan fingerprint density at radius 2 is 1.79 bits per heavy atom. The molecule has 2 aliphatic rings. The van der Waals surface area contributed by atoms with E-state index in [1.54, 1.807) is 4.90 Å². The number of nitrogens with zero attached hydrogens (tertiary/aromatic N) is 4. The van der Waals surface area contributed by atoms with Crippen molar-refractivity contribution in [1.29, 1.82) is 0 Å². The van der Waals surface area contributed by atoms with Gasteiger partial charge in [-0.2, -0.15) is 0 Å². The van der Waals surface area contributed by atoms with E-state index in [1.165, 1.54) is 10.6 Å². The molecule has 0 aromatic heterocycles. The van der Waals surface area contributed by atoms with Crippen LogP contribution in [0.3, 0.4) is 0 Å². The number of rotatable bonds is 3. The molecule has 150 valence electrons. The van der Waals surface area contributed by atoms with Crippen molar-refractivity contribution < 1.29 is 4.79 Å². The number of carbonyl (C=O) groups excluding carboxylic acids is 1. The summed E-state index contributed by atoms with van der Waals surface area (Å²) in [5.74, 6) is 0.714. The molecule has 0 bridgehead atoms. The molecule has 6 heteroatoms. The summed E-state index contributed by atoms with van der Waals surface area (Å²) in [6.07, 6.45) is 1.89. The van der Waals surface area contributed by atoms with Crippen molar-refractivity contribution in [2.75, 3.05) is 37.0 Å². The van der Waals surface area contributed by atoms with Crippen LogP contribution in [-0.4, -0.2) is 58.9 Å². The summed E-state index contributed by atoms with van der Waals surface area (Å²) in [7, 11) is 4.04. The minimum atomic E-state index is -0.0571. The van der Waals surface area contributed by atoms with Gasteiger partial charge < -0.3 is 0 Å². The number of guanidine groups is 1. The van der Waals surface area contributed by atoms with Crippen molar-refractivity contribution in [3.05, 3.63) is 65.4 Å². The SMILES string of the molecule is Cc1cccc(N2C(=O)/C(=C/c3ccc(N(C)C)cc3)N=C2N2CC[Se]CC2)c1. The van der Waals surface area contributed by atoms with Crippen LogP contribution in [0, 0.1) is 6.92 Å². The molecule has 0 aliphatic carbocycles. The van der Waals surface area contributed by atoms with Crippen LogP contribution < -0.4 is 9.80 Å². The molecule has 4 rings (SSSR count). The Morgan fingerprint density at radius 1 is 1.07 bits per heavy atom. The quantitative estimate of drug-likeness (QED) is 0.526. The van der Waals surface area contributed by atoms with Crippen LogP contribution in [0.15, 0.2) is 59.2 Å². The van der Waals surface area contributed by atoms with Crippen molar-refractivity contribution in [1.82, 2.24) is 4.90 Å². The third-order valence-corrected chi connectivity index (χ3v) is 7.09. The van der Waals surface area contributed by atoms with E-state index < -0.39 is 0 Å². The molecule has 1 fully saturated rings. The van der Waals surface area contributed by atoms with Gasteiger partial charge in [-0.25, -0.2) is 0 Å². The van der Waals surface area contributed by atoms with Crippen LogP contribution in [0.2, 0.25) is 10.6 Å². The second-order valence-electron chi connectivity index (χ2n) is 7.51. The zero-order valence-electron chi connectivity index (χ0n) is 17.1. The molecule has 0 atom stereocenters. The van der Waals surface area contributed by atoms with Gasteiger partial charge in [0.1, 0.15) is 0 Å². The molecule has 2 aliphatic heterocycles. The van der Waals surface area contributed by atoms with Crippen molar-refractivity contribution in [2.24, 2.45) is 4.99 Å². The van der Waals surface area contributed by atoms with Crippen molar-refractivity contribution in [3.8, 4) is 0 Å². The average Bonchev–Trinajstić information content (AvgIpc) is 3.05. The Kier molecular flexibility index (Phi) is 5.74. The summed E-state index contributed by atoms with van der Waals surface area (Å²) in [5.41, 5.74) is 4.63. The van der Waals surface area contributed by atoms with Crippen LogP contribution in [0.4, 0.5) is 11.4 Å². The Bertz CT molecular complexity index is 959. The average molecular weight is 453 g/mol. The summed E-state index contributed by atoms with van der Waals surface area (Å²) in [6.45, 7) is 3.99. The molecule has 2 aromatic carbocycles. The third-order valence-electron chi connectivity index (χ3n) is 5.11. The van der Waals surface area contributed by atoms with Gasteiger partial charge in [0.15, 0.2) is 0 Å². The van der Waals surface area contributed by atoms with Gasteiger partial charge in [0.2, 0.25) is 0 Å². The van der Waals surface area contributed by atoms with Gasteiger partial charge in [-0.3, -0.25) is 0 Å². The molecule has 0 saturated carbocycles. The maximum absolute atomic E-state index is 13.4. The standard InChI is InChI=1S/C23H26N4OSe/c1-17-5-4-6-20(15-17)27-22(28)21(24-23(27)26-11-13-29-14-12-26)16-18-7-9-19(10-8-18)25(2)3/h4-10,15-16H,11-14H2,1-3H3/b21-16-. The van der Waals surface area contributed by atoms with Gasteiger partial charge in [-0.05, 0) is 0 Å². The van der Waals surface area contributed by atoms with E-state index in [-0.39, 0.29) is 5.91 Å². The van der Waals surface area contributed by atoms with Gasteiger partial charge >= 0.3 is 165 Å². The number of anilines is 2. The molecule has 0 unspecified atom stereocenters. The number of hydrogen-bond acceptors (Lipinski definition) is 4. The number of amides is 1. The fourth-order valence-corrected chi connectivity index (χ4v) is 5.40. The van der Waals surface area contributed by atoms with Gasteiger partial charge in [0, 0.05) is 14.1 Å². The molecule has 0 spiro atoms. The van der Waals surface area contributed by atoms with Gasteiger partial charge in [-0.1, -0.05) is 0 Å². The maximum atomic E-state index is 13.4. The van der Waals surface area contributed by atoms with E-state index >= 15 is 0 Å². The van der Waals surface area contributed by atoms with E-state index in [4.69, 9.17) is 4.99 Å². The molecular formula is C23H26N4OSe. The summed E-state index contributed by atoms with van der Waals surface area (Å²) in [4.78, 5) is 24.3. The van der Waals surface area contributed by atoms with Crippen LogP contribution in [0.25, 0.3) is 6.08 Å². The summed E-state index contributed by atoms with van der Waals surface area (Å²) in [5, 5.41) is 2.40. The summed E-state index contributed by atoms with van der Waals surface area (Å²) in [6, 6.07) is 16.3. The fraction of sp³-hybridized carbons (Fsp3) is 0.304. The van der Waals surface area contributed by atoms with Gasteiger partial charge in [-0.15, -0.1) is 0 Å². The van der Waals surface area contributed by atoms with Gasteiger partial charge in [0.05, 0.1) is 0 Å². The fourth-order valence-electron chi connectivity index (χ4n) is 3.51. The van der Waals surface area contributed by atoms with E-state index in [9.17, 15) is 4.79 Å². The van der Waals surface area contributed by atoms with Crippen LogP contribution in [0.1, 0.15) is 11.1 Å². The number of aliphatic imine (C=N–C) groups is 1. The first-order chi connectivity index (χ1) is 14.0. The van der Waals surface area contributed by atoms with E-state index in [0.29, 0.717) is 20.7 Å². The Balaban J connectivity index is 1.71. The normalized spacial score (nSPS) is 18.4. The van der Waals surface area contributed by atoms with Crippen LogP contribution in [-0.2, 0) is 4.79 Å². The first kappa shape index (κ1) is 19.7. The predicted molar refractivity (Wildman–Crippen MR) is 122 cm³/mol. The number of carbonyl (C=O) groups is 1. The van der Waals surface area contributed by atoms with E-state index in [2.05, 4.69) is 28.0 Å². The number of aryl methyl sites for hydroxylation is 1. The zero-order chi connectivity index (χ0) is 20.4. The summed E-state index contributed by atoms with van der Waals surface area (Å²) < 4.78 is 0. The molecule has 29 heavy (non-hydrogen) atoms. The molecule has 2 heterocycles. The monoisotopic (exact) mass is 454 g/mol. The van der Waals surface area contributed by atoms with E-state index in [1.807, 2.05) is 57.4 Å². The molecule has 0 radical (unpaired) electrons. The van der Waals surface area contributed by atoms with Gasteiger partial charge in [0.25, 0.3) is 0 Å². The minimum absolute atomic E-state index is 0.0571. The van der Waals surface area contributed by atoms with E-state index in [0.717, 1.165) is 41.6 Å². The predicted octanol–water partition coefficient (Wildman–Crippen LogP) is 3.66. The topological polar surface area (TPSA) is 39.2 Å². The van der Waals surface area contributed by atoms with Crippen LogP contribution in [0.5, 0.6) is 0 Å². The molecule has 2 aromatic rings. The molecule has 5 nitrogen and oxygen atoms in total. The van der Waals surface area contributed by atoms with Crippen molar-refractivity contribution >= 4 is 44.3 Å². The second-order valence-corrected chi connectivity index (χ2v) is 10.1. The Hall–Kier alpha value is -2.56. The second kappa shape index (κ2) is 8.44. The Morgan fingerprint density at radius 3 is 2.45 bits per heavy atom. The first-order valence-corrected chi connectivity index (χ1v) is 12.3. The zero-order valence-corrected chi connectivity index (χ0v) is 18.8. The third kappa shape index (κ3) is 4.24. The van der Waals surface area contributed by atoms with Crippen molar-refractivity contribution in [2.45, 2.75) is 17.6 Å². The molecule has 0 N–H and O–H groups in total. The van der Waals surface area contributed by atoms with Crippen LogP contribution >= 0.6 is 0 Å². The molecular weight excluding hydrogens is 427 g/mol. The Labute approximate surface area is 178 Å². The molecule has 1 amide bonds. The van der Waals surface area contributed by atoms with Crippen molar-refractivity contribution in [3.63, 3.8) is 0 Å². The summed E-state index contributed by atoms with van der Waals surface area (Å²) >= 11 is 0.709.